The van der Waals surface area contributed by atoms with Crippen LogP contribution in [0.2, 0.25) is 0 Å². The Morgan fingerprint density at radius 2 is 2.06 bits per heavy atom. The van der Waals surface area contributed by atoms with Crippen molar-refractivity contribution < 1.29 is 13.9 Å². The van der Waals surface area contributed by atoms with Gasteiger partial charge in [0.1, 0.15) is 17.2 Å². The molecule has 0 saturated carbocycles. The monoisotopic (exact) mass is 249 g/mol. The fourth-order valence-electron chi connectivity index (χ4n) is 2.01. The number of aromatic nitrogens is 1. The Morgan fingerprint density at radius 3 is 2.67 bits per heavy atom. The van der Waals surface area contributed by atoms with Gasteiger partial charge in [0.2, 0.25) is 0 Å². The number of benzene rings is 1. The third-order valence-corrected chi connectivity index (χ3v) is 3.03. The van der Waals surface area contributed by atoms with Crippen LogP contribution in [-0.2, 0) is 5.60 Å². The van der Waals surface area contributed by atoms with Crippen molar-refractivity contribution in [1.82, 2.24) is 4.98 Å². The van der Waals surface area contributed by atoms with Crippen LogP contribution in [0.3, 0.4) is 0 Å². The minimum absolute atomic E-state index is 0.102. The van der Waals surface area contributed by atoms with Crippen LogP contribution < -0.4 is 0 Å². The minimum Gasteiger partial charge on any atom is -0.380 e. The predicted molar refractivity (Wildman–Crippen MR) is 63.9 cm³/mol. The van der Waals surface area contributed by atoms with E-state index in [1.54, 1.807) is 13.0 Å². The molecule has 1 N–H and O–H groups in total. The molecule has 18 heavy (non-hydrogen) atoms. The van der Waals surface area contributed by atoms with Crippen LogP contribution in [0.25, 0.3) is 0 Å². The Labute approximate surface area is 104 Å². The largest absolute Gasteiger partial charge is 0.380 e. The van der Waals surface area contributed by atoms with Crippen molar-refractivity contribution in [3.05, 3.63) is 65.5 Å². The van der Waals surface area contributed by atoms with Crippen LogP contribution >= 0.6 is 0 Å². The molecule has 2 rings (SSSR count). The standard InChI is InChI=1S/C14H13F2NO/c1-2-14(18,10-4-3-5-11(15)8-10)12-6-7-17-9-13(12)16/h3-9,18H,2H2,1H3. The first kappa shape index (κ1) is 12.6. The van der Waals surface area contributed by atoms with Gasteiger partial charge in [-0.3, -0.25) is 4.98 Å². The van der Waals surface area contributed by atoms with E-state index in [0.29, 0.717) is 5.56 Å². The van der Waals surface area contributed by atoms with Crippen molar-refractivity contribution in [1.29, 1.82) is 0 Å². The predicted octanol–water partition coefficient (Wildman–Crippen LogP) is 3.01. The quantitative estimate of drug-likeness (QED) is 0.907. The summed E-state index contributed by atoms with van der Waals surface area (Å²) in [5, 5.41) is 10.6. The highest BCUT2D eigenvalue weighted by molar-refractivity contribution is 5.35. The van der Waals surface area contributed by atoms with Crippen LogP contribution in [0.4, 0.5) is 8.78 Å². The third kappa shape index (κ3) is 2.11. The number of rotatable bonds is 3. The van der Waals surface area contributed by atoms with E-state index in [1.165, 1.54) is 30.5 Å². The van der Waals surface area contributed by atoms with Crippen LogP contribution in [0, 0.1) is 11.6 Å². The topological polar surface area (TPSA) is 33.1 Å². The molecule has 1 heterocycles. The van der Waals surface area contributed by atoms with Gasteiger partial charge >= 0.3 is 0 Å². The molecule has 2 aromatic rings. The van der Waals surface area contributed by atoms with E-state index in [2.05, 4.69) is 4.98 Å². The van der Waals surface area contributed by atoms with E-state index in [0.717, 1.165) is 6.20 Å². The van der Waals surface area contributed by atoms with Gasteiger partial charge in [0, 0.05) is 11.8 Å². The molecule has 0 aliphatic heterocycles. The van der Waals surface area contributed by atoms with Crippen molar-refractivity contribution in [2.45, 2.75) is 18.9 Å². The molecule has 0 saturated heterocycles. The first-order valence-electron chi connectivity index (χ1n) is 5.66. The normalized spacial score (nSPS) is 14.2. The molecule has 1 atom stereocenters. The van der Waals surface area contributed by atoms with Gasteiger partial charge in [-0.15, -0.1) is 0 Å². The smallest absolute Gasteiger partial charge is 0.147 e. The fourth-order valence-corrected chi connectivity index (χ4v) is 2.01. The van der Waals surface area contributed by atoms with E-state index < -0.39 is 17.2 Å². The summed E-state index contributed by atoms with van der Waals surface area (Å²) >= 11 is 0. The molecule has 0 spiro atoms. The highest BCUT2D eigenvalue weighted by Crippen LogP contribution is 2.34. The van der Waals surface area contributed by atoms with Crippen molar-refractivity contribution in [2.24, 2.45) is 0 Å². The molecule has 0 aliphatic rings. The maximum Gasteiger partial charge on any atom is 0.147 e. The minimum atomic E-state index is -1.55. The van der Waals surface area contributed by atoms with E-state index >= 15 is 0 Å². The van der Waals surface area contributed by atoms with Gasteiger partial charge in [0.15, 0.2) is 0 Å². The summed E-state index contributed by atoms with van der Waals surface area (Å²) in [5.41, 5.74) is -1.12. The second-order valence-electron chi connectivity index (χ2n) is 4.08. The fraction of sp³-hybridized carbons (Fsp3) is 0.214. The third-order valence-electron chi connectivity index (χ3n) is 3.03. The second-order valence-corrected chi connectivity index (χ2v) is 4.08. The van der Waals surface area contributed by atoms with Crippen molar-refractivity contribution in [3.63, 3.8) is 0 Å². The molecule has 2 nitrogen and oxygen atoms in total. The molecule has 0 aliphatic carbocycles. The van der Waals surface area contributed by atoms with Crippen LogP contribution in [0.5, 0.6) is 0 Å². The molecule has 0 radical (unpaired) electrons. The number of hydrogen-bond acceptors (Lipinski definition) is 2. The first-order valence-corrected chi connectivity index (χ1v) is 5.66. The lowest BCUT2D eigenvalue weighted by molar-refractivity contribution is 0.0721. The summed E-state index contributed by atoms with van der Waals surface area (Å²) < 4.78 is 27.0. The molecule has 1 aromatic carbocycles. The van der Waals surface area contributed by atoms with Gasteiger partial charge < -0.3 is 5.11 Å². The van der Waals surface area contributed by atoms with Crippen LogP contribution in [-0.4, -0.2) is 10.1 Å². The highest BCUT2D eigenvalue weighted by atomic mass is 19.1. The highest BCUT2D eigenvalue weighted by Gasteiger charge is 2.32. The van der Waals surface area contributed by atoms with Crippen molar-refractivity contribution >= 4 is 0 Å². The van der Waals surface area contributed by atoms with E-state index in [4.69, 9.17) is 0 Å². The molecule has 1 aromatic heterocycles. The molecule has 0 bridgehead atoms. The summed E-state index contributed by atoms with van der Waals surface area (Å²) in [7, 11) is 0. The SMILES string of the molecule is CCC(O)(c1cccc(F)c1)c1ccncc1F. The van der Waals surface area contributed by atoms with Gasteiger partial charge in [-0.25, -0.2) is 8.78 Å². The molecular weight excluding hydrogens is 236 g/mol. The van der Waals surface area contributed by atoms with Gasteiger partial charge in [-0.05, 0) is 30.2 Å². The van der Waals surface area contributed by atoms with Gasteiger partial charge in [-0.2, -0.15) is 0 Å². The molecular formula is C14H13F2NO. The summed E-state index contributed by atoms with van der Waals surface area (Å²) in [6, 6.07) is 6.96. The number of pyridine rings is 1. The number of hydrogen-bond donors (Lipinski definition) is 1. The summed E-state index contributed by atoms with van der Waals surface area (Å²) in [6.07, 6.45) is 2.67. The molecule has 4 heteroatoms. The van der Waals surface area contributed by atoms with Crippen LogP contribution in [0.1, 0.15) is 24.5 Å². The number of nitrogens with zero attached hydrogens (tertiary/aromatic N) is 1. The zero-order chi connectivity index (χ0) is 13.2. The Morgan fingerprint density at radius 1 is 1.28 bits per heavy atom. The Hall–Kier alpha value is -1.81. The summed E-state index contributed by atoms with van der Waals surface area (Å²) in [4.78, 5) is 3.64. The van der Waals surface area contributed by atoms with Gasteiger partial charge in [0.25, 0.3) is 0 Å². The second kappa shape index (κ2) is 4.82. The summed E-state index contributed by atoms with van der Waals surface area (Å²) in [6.45, 7) is 1.71. The molecule has 0 amide bonds. The molecule has 94 valence electrons. The Bertz CT molecular complexity index is 559. The Kier molecular flexibility index (Phi) is 3.39. The molecule has 1 unspecified atom stereocenters. The van der Waals surface area contributed by atoms with Gasteiger partial charge in [-0.1, -0.05) is 19.1 Å². The lowest BCUT2D eigenvalue weighted by Gasteiger charge is -2.28. The maximum atomic E-state index is 13.7. The Balaban J connectivity index is 2.59. The zero-order valence-corrected chi connectivity index (χ0v) is 9.90. The zero-order valence-electron chi connectivity index (χ0n) is 9.90. The average Bonchev–Trinajstić information content (AvgIpc) is 2.38. The lowest BCUT2D eigenvalue weighted by Crippen LogP contribution is -2.27. The van der Waals surface area contributed by atoms with E-state index in [9.17, 15) is 13.9 Å². The summed E-state index contributed by atoms with van der Waals surface area (Å²) in [5.74, 6) is -1.07. The van der Waals surface area contributed by atoms with E-state index in [1.807, 2.05) is 0 Å². The average molecular weight is 249 g/mol. The van der Waals surface area contributed by atoms with E-state index in [-0.39, 0.29) is 12.0 Å². The molecule has 0 fully saturated rings. The lowest BCUT2D eigenvalue weighted by atomic mass is 9.84. The number of halogens is 2. The first-order chi connectivity index (χ1) is 8.58. The number of aliphatic hydroxyl groups is 1. The van der Waals surface area contributed by atoms with Crippen molar-refractivity contribution in [2.75, 3.05) is 0 Å². The maximum absolute atomic E-state index is 13.7. The van der Waals surface area contributed by atoms with Gasteiger partial charge in [0.05, 0.1) is 6.20 Å². The van der Waals surface area contributed by atoms with Crippen molar-refractivity contribution in [3.8, 4) is 0 Å². The van der Waals surface area contributed by atoms with Crippen LogP contribution in [0.15, 0.2) is 42.7 Å².